The number of aromatic nitrogens is 2. The first-order valence-corrected chi connectivity index (χ1v) is 7.37. The van der Waals surface area contributed by atoms with E-state index >= 15 is 0 Å². The molecule has 0 spiro atoms. The molecule has 0 aromatic carbocycles. The number of rotatable bonds is 6. The molecule has 0 bridgehead atoms. The summed E-state index contributed by atoms with van der Waals surface area (Å²) in [5.74, 6) is 0.355. The molecule has 114 valence electrons. The van der Waals surface area contributed by atoms with E-state index in [1.54, 1.807) is 0 Å². The van der Waals surface area contributed by atoms with Gasteiger partial charge in [-0.3, -0.25) is 9.59 Å². The molecule has 3 rings (SSSR count). The Morgan fingerprint density at radius 2 is 2.05 bits per heavy atom. The van der Waals surface area contributed by atoms with E-state index in [4.69, 9.17) is 4.52 Å². The van der Waals surface area contributed by atoms with Crippen LogP contribution in [-0.4, -0.2) is 41.6 Å². The van der Waals surface area contributed by atoms with Crippen LogP contribution >= 0.6 is 0 Å². The fraction of sp³-hybridized carbons (Fsp3) is 0.692. The van der Waals surface area contributed by atoms with Crippen LogP contribution in [0.2, 0.25) is 0 Å². The van der Waals surface area contributed by atoms with Gasteiger partial charge in [-0.1, -0.05) is 5.16 Å². The number of hydrogen-bond donors (Lipinski definition) is 3. The zero-order valence-corrected chi connectivity index (χ0v) is 11.7. The zero-order chi connectivity index (χ0) is 14.7. The van der Waals surface area contributed by atoms with Gasteiger partial charge in [-0.05, 0) is 32.2 Å². The van der Waals surface area contributed by atoms with Gasteiger partial charge in [-0.15, -0.1) is 0 Å². The lowest BCUT2D eigenvalue weighted by Crippen LogP contribution is -2.35. The first-order chi connectivity index (χ1) is 10.2. The fourth-order valence-electron chi connectivity index (χ4n) is 2.29. The molecule has 0 radical (unpaired) electrons. The lowest BCUT2D eigenvalue weighted by molar-refractivity contribution is -0.122. The molecule has 1 unspecified atom stereocenters. The Bertz CT molecular complexity index is 520. The van der Waals surface area contributed by atoms with Crippen LogP contribution in [0.15, 0.2) is 4.52 Å². The fourth-order valence-corrected chi connectivity index (χ4v) is 2.29. The highest BCUT2D eigenvalue weighted by Gasteiger charge is 2.29. The van der Waals surface area contributed by atoms with Gasteiger partial charge in [0.25, 0.3) is 11.7 Å². The van der Waals surface area contributed by atoms with Crippen molar-refractivity contribution in [2.24, 2.45) is 5.92 Å². The Morgan fingerprint density at radius 3 is 2.76 bits per heavy atom. The van der Waals surface area contributed by atoms with Crippen molar-refractivity contribution in [1.29, 1.82) is 0 Å². The minimum absolute atomic E-state index is 0.0345. The molecule has 2 fully saturated rings. The van der Waals surface area contributed by atoms with E-state index in [1.807, 2.05) is 0 Å². The molecule has 21 heavy (non-hydrogen) atoms. The third-order valence-electron chi connectivity index (χ3n) is 3.66. The monoisotopic (exact) mass is 293 g/mol. The maximum Gasteiger partial charge on any atom is 0.292 e. The Morgan fingerprint density at radius 1 is 1.24 bits per heavy atom. The lowest BCUT2D eigenvalue weighted by Gasteiger charge is -2.04. The quantitative estimate of drug-likeness (QED) is 0.624. The van der Waals surface area contributed by atoms with Crippen molar-refractivity contribution in [1.82, 2.24) is 26.1 Å². The number of amides is 2. The maximum absolute atomic E-state index is 11.8. The van der Waals surface area contributed by atoms with Crippen molar-refractivity contribution >= 4 is 11.8 Å². The van der Waals surface area contributed by atoms with E-state index in [2.05, 4.69) is 26.1 Å². The molecular weight excluding hydrogens is 274 g/mol. The summed E-state index contributed by atoms with van der Waals surface area (Å²) in [5, 5.41) is 12.4. The highest BCUT2D eigenvalue weighted by atomic mass is 16.5. The second-order valence-corrected chi connectivity index (χ2v) is 5.43. The van der Waals surface area contributed by atoms with E-state index in [1.165, 1.54) is 0 Å². The van der Waals surface area contributed by atoms with Crippen molar-refractivity contribution in [2.45, 2.75) is 31.7 Å². The minimum atomic E-state index is -0.385. The predicted molar refractivity (Wildman–Crippen MR) is 72.3 cm³/mol. The van der Waals surface area contributed by atoms with E-state index in [0.29, 0.717) is 19.0 Å². The molecule has 1 saturated heterocycles. The van der Waals surface area contributed by atoms with Gasteiger partial charge >= 0.3 is 0 Å². The molecule has 8 heteroatoms. The Kier molecular flexibility index (Phi) is 4.14. The molecule has 1 aliphatic heterocycles. The van der Waals surface area contributed by atoms with Gasteiger partial charge in [0.15, 0.2) is 0 Å². The van der Waals surface area contributed by atoms with E-state index in [0.717, 1.165) is 32.2 Å². The molecule has 1 aromatic rings. The van der Waals surface area contributed by atoms with Gasteiger partial charge in [0.05, 0.1) is 6.04 Å². The van der Waals surface area contributed by atoms with Gasteiger partial charge in [-0.2, -0.15) is 4.98 Å². The molecule has 2 heterocycles. The third kappa shape index (κ3) is 3.57. The van der Waals surface area contributed by atoms with E-state index in [-0.39, 0.29) is 29.6 Å². The van der Waals surface area contributed by atoms with Gasteiger partial charge in [0.2, 0.25) is 11.8 Å². The average Bonchev–Trinajstić information content (AvgIpc) is 3.01. The van der Waals surface area contributed by atoms with E-state index < -0.39 is 0 Å². The number of hydrogen-bond acceptors (Lipinski definition) is 6. The number of carbonyl (C=O) groups is 2. The molecular formula is C13H19N5O3. The molecule has 2 amide bonds. The first kappa shape index (κ1) is 14.0. The molecule has 1 aliphatic carbocycles. The predicted octanol–water partition coefficient (Wildman–Crippen LogP) is -0.250. The first-order valence-electron chi connectivity index (χ1n) is 7.37. The maximum atomic E-state index is 11.8. The summed E-state index contributed by atoms with van der Waals surface area (Å²) in [6, 6.07) is 0.0527. The molecule has 3 N–H and O–H groups in total. The Labute approximate surface area is 122 Å². The van der Waals surface area contributed by atoms with Crippen LogP contribution in [0.25, 0.3) is 0 Å². The zero-order valence-electron chi connectivity index (χ0n) is 11.7. The molecule has 1 aromatic heterocycles. The van der Waals surface area contributed by atoms with Crippen molar-refractivity contribution in [3.05, 3.63) is 11.7 Å². The second-order valence-electron chi connectivity index (χ2n) is 5.43. The SMILES string of the molecule is O=C(NCCNC(=O)C1CC1)c1noc(C2CCCN2)n1. The van der Waals surface area contributed by atoms with Crippen LogP contribution in [0.3, 0.4) is 0 Å². The highest BCUT2D eigenvalue weighted by molar-refractivity contribution is 5.90. The summed E-state index contributed by atoms with van der Waals surface area (Å²) in [5.41, 5.74) is 0. The lowest BCUT2D eigenvalue weighted by atomic mass is 10.2. The highest BCUT2D eigenvalue weighted by Crippen LogP contribution is 2.28. The smallest absolute Gasteiger partial charge is 0.292 e. The van der Waals surface area contributed by atoms with Crippen molar-refractivity contribution in [2.75, 3.05) is 19.6 Å². The van der Waals surface area contributed by atoms with Crippen LogP contribution in [0.1, 0.15) is 48.2 Å². The Balaban J connectivity index is 1.41. The summed E-state index contributed by atoms with van der Waals surface area (Å²) >= 11 is 0. The Hall–Kier alpha value is -1.96. The molecule has 2 aliphatic rings. The normalized spacial score (nSPS) is 21.2. The van der Waals surface area contributed by atoms with Crippen LogP contribution in [-0.2, 0) is 4.79 Å². The summed E-state index contributed by atoms with van der Waals surface area (Å²) in [7, 11) is 0. The van der Waals surface area contributed by atoms with Crippen LogP contribution in [0.5, 0.6) is 0 Å². The molecule has 1 saturated carbocycles. The van der Waals surface area contributed by atoms with Gasteiger partial charge in [0.1, 0.15) is 0 Å². The molecule has 1 atom stereocenters. The third-order valence-corrected chi connectivity index (χ3v) is 3.66. The number of carbonyl (C=O) groups excluding carboxylic acids is 2. The van der Waals surface area contributed by atoms with Crippen molar-refractivity contribution in [3.8, 4) is 0 Å². The summed E-state index contributed by atoms with van der Waals surface area (Å²) in [4.78, 5) is 27.3. The van der Waals surface area contributed by atoms with Crippen molar-refractivity contribution in [3.63, 3.8) is 0 Å². The second kappa shape index (κ2) is 6.21. The van der Waals surface area contributed by atoms with E-state index in [9.17, 15) is 9.59 Å². The standard InChI is InChI=1S/C13H19N5O3/c19-11(8-3-4-8)15-6-7-16-12(20)10-17-13(21-18-10)9-2-1-5-14-9/h8-9,14H,1-7H2,(H,15,19)(H,16,20). The van der Waals surface area contributed by atoms with Gasteiger partial charge in [-0.25, -0.2) is 0 Å². The van der Waals surface area contributed by atoms with Crippen molar-refractivity contribution < 1.29 is 14.1 Å². The minimum Gasteiger partial charge on any atom is -0.354 e. The topological polar surface area (TPSA) is 109 Å². The van der Waals surface area contributed by atoms with Crippen LogP contribution in [0, 0.1) is 5.92 Å². The van der Waals surface area contributed by atoms with Crippen LogP contribution < -0.4 is 16.0 Å². The largest absolute Gasteiger partial charge is 0.354 e. The summed E-state index contributed by atoms with van der Waals surface area (Å²) in [6.45, 7) is 1.69. The molecule has 8 nitrogen and oxygen atoms in total. The van der Waals surface area contributed by atoms with Gasteiger partial charge < -0.3 is 20.5 Å². The van der Waals surface area contributed by atoms with Gasteiger partial charge in [0, 0.05) is 19.0 Å². The number of nitrogens with one attached hydrogen (secondary N) is 3. The number of nitrogens with zero attached hydrogens (tertiary/aromatic N) is 2. The average molecular weight is 293 g/mol. The van der Waals surface area contributed by atoms with Crippen LogP contribution in [0.4, 0.5) is 0 Å². The summed E-state index contributed by atoms with van der Waals surface area (Å²) in [6.07, 6.45) is 3.95. The summed E-state index contributed by atoms with van der Waals surface area (Å²) < 4.78 is 5.10.